The molecule has 0 fully saturated rings. The van der Waals surface area contributed by atoms with E-state index >= 15 is 0 Å². The molecule has 114 valence electrons. The van der Waals surface area contributed by atoms with E-state index in [0.717, 1.165) is 16.3 Å². The lowest BCUT2D eigenvalue weighted by molar-refractivity contribution is 0.0955. The summed E-state index contributed by atoms with van der Waals surface area (Å²) >= 11 is 0. The Morgan fingerprint density at radius 1 is 0.913 bits per heavy atom. The molecule has 0 aliphatic carbocycles. The molecular formula is C19H16N2O2. The van der Waals surface area contributed by atoms with E-state index in [1.807, 2.05) is 42.5 Å². The van der Waals surface area contributed by atoms with Crippen molar-refractivity contribution in [2.24, 2.45) is 5.10 Å². The van der Waals surface area contributed by atoms with Crippen LogP contribution in [0.2, 0.25) is 0 Å². The molecule has 0 aromatic heterocycles. The van der Waals surface area contributed by atoms with E-state index in [-0.39, 0.29) is 11.7 Å². The molecule has 0 aliphatic heterocycles. The summed E-state index contributed by atoms with van der Waals surface area (Å²) in [7, 11) is 0. The molecule has 0 bridgehead atoms. The van der Waals surface area contributed by atoms with E-state index in [9.17, 15) is 9.90 Å². The fourth-order valence-corrected chi connectivity index (χ4v) is 2.33. The Balaban J connectivity index is 1.79. The van der Waals surface area contributed by atoms with E-state index in [4.69, 9.17) is 0 Å². The zero-order valence-electron chi connectivity index (χ0n) is 12.7. The van der Waals surface area contributed by atoms with Gasteiger partial charge in [0.2, 0.25) is 0 Å². The van der Waals surface area contributed by atoms with E-state index in [1.54, 1.807) is 31.2 Å². The quantitative estimate of drug-likeness (QED) is 0.572. The van der Waals surface area contributed by atoms with Crippen LogP contribution in [0, 0.1) is 0 Å². The maximum atomic E-state index is 12.2. The minimum atomic E-state index is -0.268. The smallest absolute Gasteiger partial charge is 0.271 e. The fourth-order valence-electron chi connectivity index (χ4n) is 2.33. The van der Waals surface area contributed by atoms with Gasteiger partial charge < -0.3 is 5.11 Å². The lowest BCUT2D eigenvalue weighted by Crippen LogP contribution is -2.19. The minimum Gasteiger partial charge on any atom is -0.508 e. The second-order valence-corrected chi connectivity index (χ2v) is 5.25. The van der Waals surface area contributed by atoms with Crippen LogP contribution < -0.4 is 5.43 Å². The lowest BCUT2D eigenvalue weighted by Gasteiger charge is -2.05. The van der Waals surface area contributed by atoms with Gasteiger partial charge in [-0.05, 0) is 42.0 Å². The van der Waals surface area contributed by atoms with Crippen LogP contribution in [0.15, 0.2) is 71.8 Å². The molecule has 23 heavy (non-hydrogen) atoms. The Morgan fingerprint density at radius 2 is 1.70 bits per heavy atom. The highest BCUT2D eigenvalue weighted by Crippen LogP contribution is 2.16. The molecular weight excluding hydrogens is 288 g/mol. The second-order valence-electron chi connectivity index (χ2n) is 5.25. The first-order valence-corrected chi connectivity index (χ1v) is 7.26. The van der Waals surface area contributed by atoms with Gasteiger partial charge in [-0.1, -0.05) is 42.5 Å². The highest BCUT2D eigenvalue weighted by atomic mass is 16.3. The van der Waals surface area contributed by atoms with Crippen molar-refractivity contribution in [3.05, 3.63) is 77.9 Å². The molecule has 0 radical (unpaired) electrons. The van der Waals surface area contributed by atoms with E-state index < -0.39 is 0 Å². The highest BCUT2D eigenvalue weighted by molar-refractivity contribution is 6.02. The molecule has 0 heterocycles. The normalized spacial score (nSPS) is 11.4. The van der Waals surface area contributed by atoms with Crippen molar-refractivity contribution < 1.29 is 9.90 Å². The Morgan fingerprint density at radius 3 is 2.48 bits per heavy atom. The molecule has 3 aromatic rings. The third-order valence-corrected chi connectivity index (χ3v) is 3.60. The zero-order valence-corrected chi connectivity index (χ0v) is 12.7. The average molecular weight is 304 g/mol. The van der Waals surface area contributed by atoms with Crippen LogP contribution in [0.25, 0.3) is 10.8 Å². The summed E-state index contributed by atoms with van der Waals surface area (Å²) in [5.74, 6) is -0.104. The molecule has 0 saturated heterocycles. The van der Waals surface area contributed by atoms with Crippen LogP contribution in [0.3, 0.4) is 0 Å². The fraction of sp³-hybridized carbons (Fsp3) is 0.0526. The number of aromatic hydroxyl groups is 1. The van der Waals surface area contributed by atoms with Crippen molar-refractivity contribution in [3.8, 4) is 5.75 Å². The Kier molecular flexibility index (Phi) is 4.06. The molecule has 2 N–H and O–H groups in total. The van der Waals surface area contributed by atoms with Crippen molar-refractivity contribution in [2.45, 2.75) is 6.92 Å². The van der Waals surface area contributed by atoms with Gasteiger partial charge in [-0.15, -0.1) is 0 Å². The standard InChI is InChI=1S/C19H16N2O2/c1-13(15-7-4-8-18(22)12-15)20-21-19(23)17-10-9-14-5-2-3-6-16(14)11-17/h2-12,22H,1H3,(H,21,23). The zero-order chi connectivity index (χ0) is 16.2. The van der Waals surface area contributed by atoms with Crippen LogP contribution >= 0.6 is 0 Å². The first-order valence-electron chi connectivity index (χ1n) is 7.26. The number of amides is 1. The van der Waals surface area contributed by atoms with E-state index in [1.165, 1.54) is 0 Å². The molecule has 1 amide bonds. The van der Waals surface area contributed by atoms with Crippen LogP contribution in [-0.4, -0.2) is 16.7 Å². The number of hydrazone groups is 1. The first-order chi connectivity index (χ1) is 11.1. The number of carbonyl (C=O) groups is 1. The molecule has 0 aliphatic rings. The molecule has 0 atom stereocenters. The number of hydrogen-bond acceptors (Lipinski definition) is 3. The summed E-state index contributed by atoms with van der Waals surface area (Å²) in [5.41, 5.74) is 4.47. The molecule has 4 nitrogen and oxygen atoms in total. The number of rotatable bonds is 3. The number of hydrogen-bond donors (Lipinski definition) is 2. The van der Waals surface area contributed by atoms with Crippen molar-refractivity contribution in [2.75, 3.05) is 0 Å². The van der Waals surface area contributed by atoms with Gasteiger partial charge in [-0.2, -0.15) is 5.10 Å². The van der Waals surface area contributed by atoms with Gasteiger partial charge in [0.1, 0.15) is 5.75 Å². The third kappa shape index (κ3) is 3.37. The van der Waals surface area contributed by atoms with Gasteiger partial charge in [-0.3, -0.25) is 4.79 Å². The lowest BCUT2D eigenvalue weighted by atomic mass is 10.1. The van der Waals surface area contributed by atoms with Crippen molar-refractivity contribution in [3.63, 3.8) is 0 Å². The van der Waals surface area contributed by atoms with Crippen molar-refractivity contribution >= 4 is 22.4 Å². The number of carbonyl (C=O) groups excluding carboxylic acids is 1. The van der Waals surface area contributed by atoms with Crippen LogP contribution in [0.5, 0.6) is 5.75 Å². The Hall–Kier alpha value is -3.14. The van der Waals surface area contributed by atoms with Crippen LogP contribution in [0.1, 0.15) is 22.8 Å². The van der Waals surface area contributed by atoms with Crippen molar-refractivity contribution in [1.29, 1.82) is 0 Å². The molecule has 4 heteroatoms. The summed E-state index contributed by atoms with van der Waals surface area (Å²) in [6.07, 6.45) is 0. The van der Waals surface area contributed by atoms with Gasteiger partial charge in [0.05, 0.1) is 5.71 Å². The Labute approximate surface area is 134 Å². The average Bonchev–Trinajstić information content (AvgIpc) is 2.59. The largest absolute Gasteiger partial charge is 0.508 e. The van der Waals surface area contributed by atoms with Gasteiger partial charge >= 0.3 is 0 Å². The summed E-state index contributed by atoms with van der Waals surface area (Å²) in [6.45, 7) is 1.77. The topological polar surface area (TPSA) is 61.7 Å². The number of nitrogens with zero attached hydrogens (tertiary/aromatic N) is 1. The van der Waals surface area contributed by atoms with Gasteiger partial charge in [0, 0.05) is 11.1 Å². The first kappa shape index (κ1) is 14.8. The maximum Gasteiger partial charge on any atom is 0.271 e. The number of phenolic OH excluding ortho intramolecular Hbond substituents is 1. The minimum absolute atomic E-state index is 0.165. The molecule has 3 aromatic carbocycles. The predicted molar refractivity (Wildman–Crippen MR) is 91.7 cm³/mol. The monoisotopic (exact) mass is 304 g/mol. The molecule has 0 spiro atoms. The van der Waals surface area contributed by atoms with E-state index in [0.29, 0.717) is 11.3 Å². The van der Waals surface area contributed by atoms with Gasteiger partial charge in [0.25, 0.3) is 5.91 Å². The van der Waals surface area contributed by atoms with Gasteiger partial charge in [0.15, 0.2) is 0 Å². The number of benzene rings is 3. The number of phenols is 1. The maximum absolute atomic E-state index is 12.2. The second kappa shape index (κ2) is 6.32. The highest BCUT2D eigenvalue weighted by Gasteiger charge is 2.06. The van der Waals surface area contributed by atoms with Crippen LogP contribution in [0.4, 0.5) is 0 Å². The molecule has 0 saturated carbocycles. The number of nitrogens with one attached hydrogen (secondary N) is 1. The predicted octanol–water partition coefficient (Wildman–Crippen LogP) is 3.70. The molecule has 3 rings (SSSR count). The summed E-state index contributed by atoms with van der Waals surface area (Å²) in [5, 5.41) is 15.7. The van der Waals surface area contributed by atoms with Crippen molar-refractivity contribution in [1.82, 2.24) is 5.43 Å². The molecule has 0 unspecified atom stereocenters. The summed E-state index contributed by atoms with van der Waals surface area (Å²) in [6, 6.07) is 20.1. The SMILES string of the molecule is CC(=NNC(=O)c1ccc2ccccc2c1)c1cccc(O)c1. The Bertz CT molecular complexity index is 901. The summed E-state index contributed by atoms with van der Waals surface area (Å²) < 4.78 is 0. The van der Waals surface area contributed by atoms with Crippen LogP contribution in [-0.2, 0) is 0 Å². The number of fused-ring (bicyclic) bond motifs is 1. The van der Waals surface area contributed by atoms with E-state index in [2.05, 4.69) is 10.5 Å². The summed E-state index contributed by atoms with van der Waals surface area (Å²) in [4.78, 5) is 12.2. The third-order valence-electron chi connectivity index (χ3n) is 3.60. The van der Waals surface area contributed by atoms with Gasteiger partial charge in [-0.25, -0.2) is 5.43 Å².